The zero-order valence-electron chi connectivity index (χ0n) is 10.9. The van der Waals surface area contributed by atoms with Gasteiger partial charge in [-0.15, -0.1) is 11.3 Å². The third-order valence-corrected chi connectivity index (χ3v) is 5.97. The van der Waals surface area contributed by atoms with Crippen molar-refractivity contribution in [1.29, 1.82) is 0 Å². The van der Waals surface area contributed by atoms with Crippen molar-refractivity contribution in [2.24, 2.45) is 0 Å². The van der Waals surface area contributed by atoms with Crippen LogP contribution in [0.3, 0.4) is 0 Å². The molecule has 1 aliphatic heterocycles. The molecule has 18 heavy (non-hydrogen) atoms. The van der Waals surface area contributed by atoms with E-state index in [0.29, 0.717) is 12.1 Å². The summed E-state index contributed by atoms with van der Waals surface area (Å²) in [4.78, 5) is 4.12. The van der Waals surface area contributed by atoms with E-state index in [2.05, 4.69) is 44.5 Å². The Bertz CT molecular complexity index is 394. The summed E-state index contributed by atoms with van der Waals surface area (Å²) in [6, 6.07) is 4.37. The molecule has 1 saturated heterocycles. The molecule has 0 amide bonds. The molecule has 0 spiro atoms. The van der Waals surface area contributed by atoms with Crippen molar-refractivity contribution in [1.82, 2.24) is 10.2 Å². The zero-order chi connectivity index (χ0) is 12.5. The third kappa shape index (κ3) is 3.16. The number of thiophene rings is 1. The van der Waals surface area contributed by atoms with Crippen molar-refractivity contribution >= 4 is 27.3 Å². The topological polar surface area (TPSA) is 15.3 Å². The van der Waals surface area contributed by atoms with Crippen LogP contribution in [-0.4, -0.2) is 30.1 Å². The lowest BCUT2D eigenvalue weighted by Gasteiger charge is -2.33. The van der Waals surface area contributed by atoms with E-state index >= 15 is 0 Å². The number of halogens is 1. The van der Waals surface area contributed by atoms with Gasteiger partial charge in [0.05, 0.1) is 0 Å². The van der Waals surface area contributed by atoms with Gasteiger partial charge in [0.1, 0.15) is 0 Å². The lowest BCUT2D eigenvalue weighted by molar-refractivity contribution is 0.184. The number of nitrogens with zero attached hydrogens (tertiary/aromatic N) is 1. The fourth-order valence-electron chi connectivity index (χ4n) is 2.86. The van der Waals surface area contributed by atoms with Crippen LogP contribution in [0, 0.1) is 0 Å². The van der Waals surface area contributed by atoms with Gasteiger partial charge in [-0.05, 0) is 67.7 Å². The maximum atomic E-state index is 3.79. The average Bonchev–Trinajstić information content (AvgIpc) is 3.12. The minimum Gasteiger partial charge on any atom is -0.307 e. The minimum absolute atomic E-state index is 0.485. The summed E-state index contributed by atoms with van der Waals surface area (Å²) in [5.41, 5.74) is 0. The molecule has 2 heterocycles. The van der Waals surface area contributed by atoms with E-state index < -0.39 is 0 Å². The van der Waals surface area contributed by atoms with Gasteiger partial charge in [0.2, 0.25) is 0 Å². The summed E-state index contributed by atoms with van der Waals surface area (Å²) in [6.07, 6.45) is 5.51. The summed E-state index contributed by atoms with van der Waals surface area (Å²) in [7, 11) is 0. The smallest absolute Gasteiger partial charge is 0.0388 e. The van der Waals surface area contributed by atoms with Gasteiger partial charge in [0, 0.05) is 32.9 Å². The van der Waals surface area contributed by atoms with Crippen molar-refractivity contribution in [2.75, 3.05) is 13.1 Å². The van der Waals surface area contributed by atoms with Crippen molar-refractivity contribution in [3.8, 4) is 0 Å². The molecule has 0 aromatic carbocycles. The standard InChI is InChI=1S/C14H21BrN2S/c1-10(14-8-11(15)9-18-14)16-12-4-6-17(7-5-12)13-2-3-13/h8-10,12-13,16H,2-7H2,1H3. The van der Waals surface area contributed by atoms with Crippen LogP contribution in [0.15, 0.2) is 15.9 Å². The third-order valence-electron chi connectivity index (χ3n) is 4.09. The van der Waals surface area contributed by atoms with E-state index in [4.69, 9.17) is 0 Å². The second-order valence-electron chi connectivity index (χ2n) is 5.60. The van der Waals surface area contributed by atoms with Crippen LogP contribution >= 0.6 is 27.3 Å². The van der Waals surface area contributed by atoms with Crippen LogP contribution in [0.1, 0.15) is 43.5 Å². The summed E-state index contributed by atoms with van der Waals surface area (Å²) in [5.74, 6) is 0. The Hall–Kier alpha value is 0.1000. The lowest BCUT2D eigenvalue weighted by Crippen LogP contribution is -2.43. The first-order valence-electron chi connectivity index (χ1n) is 6.96. The highest BCUT2D eigenvalue weighted by molar-refractivity contribution is 9.10. The highest BCUT2D eigenvalue weighted by Gasteiger charge is 2.32. The van der Waals surface area contributed by atoms with Gasteiger partial charge < -0.3 is 10.2 Å². The van der Waals surface area contributed by atoms with Crippen molar-refractivity contribution < 1.29 is 0 Å². The molecule has 100 valence electrons. The van der Waals surface area contributed by atoms with E-state index in [-0.39, 0.29) is 0 Å². The van der Waals surface area contributed by atoms with Crippen LogP contribution in [0.5, 0.6) is 0 Å². The number of hydrogen-bond donors (Lipinski definition) is 1. The normalized spacial score (nSPS) is 24.3. The quantitative estimate of drug-likeness (QED) is 0.904. The molecule has 1 aliphatic carbocycles. The van der Waals surface area contributed by atoms with Crippen LogP contribution in [0.2, 0.25) is 0 Å². The Balaban J connectivity index is 1.48. The number of nitrogens with one attached hydrogen (secondary N) is 1. The summed E-state index contributed by atoms with van der Waals surface area (Å²) < 4.78 is 1.21. The predicted molar refractivity (Wildman–Crippen MR) is 81.2 cm³/mol. The number of hydrogen-bond acceptors (Lipinski definition) is 3. The first-order chi connectivity index (χ1) is 8.72. The van der Waals surface area contributed by atoms with Crippen LogP contribution < -0.4 is 5.32 Å². The van der Waals surface area contributed by atoms with Crippen molar-refractivity contribution in [3.63, 3.8) is 0 Å². The maximum absolute atomic E-state index is 3.79. The number of rotatable bonds is 4. The van der Waals surface area contributed by atoms with E-state index in [1.165, 1.54) is 48.1 Å². The van der Waals surface area contributed by atoms with Gasteiger partial charge in [0.25, 0.3) is 0 Å². The molecule has 0 bridgehead atoms. The van der Waals surface area contributed by atoms with Crippen molar-refractivity contribution in [2.45, 2.75) is 50.7 Å². The fourth-order valence-corrected chi connectivity index (χ4v) is 4.32. The molecular weight excluding hydrogens is 308 g/mol. The molecule has 1 aromatic heterocycles. The molecule has 2 nitrogen and oxygen atoms in total. The Morgan fingerprint density at radius 1 is 1.33 bits per heavy atom. The summed E-state index contributed by atoms with van der Waals surface area (Å²) >= 11 is 5.37. The molecule has 1 N–H and O–H groups in total. The molecule has 4 heteroatoms. The van der Waals surface area contributed by atoms with Gasteiger partial charge in [-0.2, -0.15) is 0 Å². The fraction of sp³-hybridized carbons (Fsp3) is 0.714. The molecule has 3 rings (SSSR count). The van der Waals surface area contributed by atoms with E-state index in [1.54, 1.807) is 0 Å². The van der Waals surface area contributed by atoms with E-state index in [9.17, 15) is 0 Å². The minimum atomic E-state index is 0.485. The monoisotopic (exact) mass is 328 g/mol. The highest BCUT2D eigenvalue weighted by Crippen LogP contribution is 2.30. The molecule has 2 aliphatic rings. The predicted octanol–water partition coefficient (Wildman–Crippen LogP) is 3.79. The molecule has 1 unspecified atom stereocenters. The van der Waals surface area contributed by atoms with Crippen LogP contribution in [0.25, 0.3) is 0 Å². The Morgan fingerprint density at radius 2 is 2.06 bits per heavy atom. The van der Waals surface area contributed by atoms with Gasteiger partial charge in [-0.3, -0.25) is 0 Å². The van der Waals surface area contributed by atoms with Gasteiger partial charge in [-0.25, -0.2) is 0 Å². The largest absolute Gasteiger partial charge is 0.307 e. The lowest BCUT2D eigenvalue weighted by atomic mass is 10.0. The second-order valence-corrected chi connectivity index (χ2v) is 7.46. The molecule has 2 fully saturated rings. The SMILES string of the molecule is CC(NC1CCN(C2CC2)CC1)c1cc(Br)cs1. The van der Waals surface area contributed by atoms with Crippen LogP contribution in [0.4, 0.5) is 0 Å². The Morgan fingerprint density at radius 3 is 2.61 bits per heavy atom. The molecule has 1 aromatic rings. The molecular formula is C14H21BrN2S. The van der Waals surface area contributed by atoms with Gasteiger partial charge in [-0.1, -0.05) is 0 Å². The van der Waals surface area contributed by atoms with Crippen molar-refractivity contribution in [3.05, 3.63) is 20.8 Å². The number of piperidine rings is 1. The molecule has 0 radical (unpaired) electrons. The second kappa shape index (κ2) is 5.61. The average molecular weight is 329 g/mol. The van der Waals surface area contributed by atoms with Crippen LogP contribution in [-0.2, 0) is 0 Å². The highest BCUT2D eigenvalue weighted by atomic mass is 79.9. The Kier molecular flexibility index (Phi) is 4.09. The number of likely N-dealkylation sites (tertiary alicyclic amines) is 1. The maximum Gasteiger partial charge on any atom is 0.0388 e. The first kappa shape index (κ1) is 13.1. The van der Waals surface area contributed by atoms with E-state index in [0.717, 1.165) is 6.04 Å². The molecule has 1 atom stereocenters. The van der Waals surface area contributed by atoms with Gasteiger partial charge in [0.15, 0.2) is 0 Å². The molecule has 1 saturated carbocycles. The first-order valence-corrected chi connectivity index (χ1v) is 8.63. The Labute approximate surface area is 122 Å². The summed E-state index contributed by atoms with van der Waals surface area (Å²) in [6.45, 7) is 4.87. The zero-order valence-corrected chi connectivity index (χ0v) is 13.3. The van der Waals surface area contributed by atoms with E-state index in [1.807, 2.05) is 11.3 Å². The van der Waals surface area contributed by atoms with Gasteiger partial charge >= 0.3 is 0 Å². The summed E-state index contributed by atoms with van der Waals surface area (Å²) in [5, 5.41) is 5.96.